The van der Waals surface area contributed by atoms with Crippen LogP contribution in [0.25, 0.3) is 21.8 Å². The number of hydrogen-bond acceptors (Lipinski definition) is 3. The Balaban J connectivity index is 1.73. The van der Waals surface area contributed by atoms with Gasteiger partial charge in [0.25, 0.3) is 5.91 Å². The van der Waals surface area contributed by atoms with Crippen LogP contribution in [0, 0.1) is 13.8 Å². The summed E-state index contributed by atoms with van der Waals surface area (Å²) in [6.07, 6.45) is 0.336. The first-order chi connectivity index (χ1) is 14.4. The molecule has 0 saturated heterocycles. The standard InChI is InChI=1S/C25H23N3O2/c1-15-11-12-17(13-16(15)2)14-22(24(26)29)28-25(30)23-18-7-3-5-9-20(18)27-21-10-6-4-8-19(21)23/h3-13,22H,14H2,1-2H3,(H2,26,29)(H,28,30)/t22-/m0/s1. The third-order valence-corrected chi connectivity index (χ3v) is 5.47. The van der Waals surface area contributed by atoms with E-state index in [1.54, 1.807) is 0 Å². The highest BCUT2D eigenvalue weighted by Gasteiger charge is 2.23. The third-order valence-electron chi connectivity index (χ3n) is 5.47. The molecule has 0 saturated carbocycles. The van der Waals surface area contributed by atoms with Crippen LogP contribution in [-0.2, 0) is 11.2 Å². The van der Waals surface area contributed by atoms with Crippen LogP contribution >= 0.6 is 0 Å². The molecule has 1 aromatic heterocycles. The molecule has 0 aliphatic heterocycles. The zero-order chi connectivity index (χ0) is 21.3. The van der Waals surface area contributed by atoms with Gasteiger partial charge in [-0.1, -0.05) is 54.6 Å². The van der Waals surface area contributed by atoms with E-state index < -0.39 is 11.9 Å². The molecule has 2 amide bonds. The fourth-order valence-corrected chi connectivity index (χ4v) is 3.70. The number of hydrogen-bond donors (Lipinski definition) is 2. The van der Waals surface area contributed by atoms with E-state index in [0.29, 0.717) is 12.0 Å². The molecule has 5 heteroatoms. The summed E-state index contributed by atoms with van der Waals surface area (Å²) in [5.74, 6) is -0.901. The molecule has 1 atom stereocenters. The minimum atomic E-state index is -0.815. The minimum Gasteiger partial charge on any atom is -0.368 e. The van der Waals surface area contributed by atoms with E-state index in [2.05, 4.69) is 10.3 Å². The third kappa shape index (κ3) is 3.74. The van der Waals surface area contributed by atoms with E-state index in [9.17, 15) is 9.59 Å². The van der Waals surface area contributed by atoms with E-state index in [-0.39, 0.29) is 5.91 Å². The summed E-state index contributed by atoms with van der Waals surface area (Å²) in [6, 6.07) is 20.2. The van der Waals surface area contributed by atoms with E-state index >= 15 is 0 Å². The van der Waals surface area contributed by atoms with E-state index in [1.165, 1.54) is 5.56 Å². The Morgan fingerprint density at radius 3 is 2.07 bits per heavy atom. The van der Waals surface area contributed by atoms with Crippen molar-refractivity contribution < 1.29 is 9.59 Å². The quantitative estimate of drug-likeness (QED) is 0.502. The number of nitrogens with zero attached hydrogens (tertiary/aromatic N) is 1. The van der Waals surface area contributed by atoms with Gasteiger partial charge in [-0.05, 0) is 42.7 Å². The number of carbonyl (C=O) groups excluding carboxylic acids is 2. The molecule has 0 unspecified atom stereocenters. The van der Waals surface area contributed by atoms with Crippen LogP contribution in [0.15, 0.2) is 66.7 Å². The molecular weight excluding hydrogens is 374 g/mol. The van der Waals surface area contributed by atoms with Crippen LogP contribution in [-0.4, -0.2) is 22.8 Å². The second-order valence-corrected chi connectivity index (χ2v) is 7.57. The minimum absolute atomic E-state index is 0.336. The molecule has 0 aliphatic rings. The summed E-state index contributed by atoms with van der Waals surface area (Å²) < 4.78 is 0. The van der Waals surface area contributed by atoms with Gasteiger partial charge < -0.3 is 11.1 Å². The van der Waals surface area contributed by atoms with E-state index in [4.69, 9.17) is 5.73 Å². The number of fused-ring (bicyclic) bond motifs is 2. The number of benzene rings is 3. The number of primary amides is 1. The Hall–Kier alpha value is -3.73. The Bertz CT molecular complexity index is 1230. The average molecular weight is 397 g/mol. The first kappa shape index (κ1) is 19.6. The Morgan fingerprint density at radius 2 is 1.50 bits per heavy atom. The molecule has 0 bridgehead atoms. The smallest absolute Gasteiger partial charge is 0.253 e. The zero-order valence-electron chi connectivity index (χ0n) is 17.0. The van der Waals surface area contributed by atoms with Gasteiger partial charge in [0.05, 0.1) is 16.6 Å². The fourth-order valence-electron chi connectivity index (χ4n) is 3.70. The van der Waals surface area contributed by atoms with E-state index in [1.807, 2.05) is 80.6 Å². The largest absolute Gasteiger partial charge is 0.368 e. The van der Waals surface area contributed by atoms with Crippen molar-refractivity contribution in [3.63, 3.8) is 0 Å². The lowest BCUT2D eigenvalue weighted by Crippen LogP contribution is -2.46. The van der Waals surface area contributed by atoms with Crippen molar-refractivity contribution in [3.05, 3.63) is 89.0 Å². The van der Waals surface area contributed by atoms with Crippen molar-refractivity contribution >= 4 is 33.6 Å². The van der Waals surface area contributed by atoms with Crippen molar-refractivity contribution in [1.82, 2.24) is 10.3 Å². The van der Waals surface area contributed by atoms with Gasteiger partial charge in [0, 0.05) is 17.2 Å². The Labute approximate surface area is 174 Å². The molecule has 5 nitrogen and oxygen atoms in total. The van der Waals surface area contributed by atoms with Gasteiger partial charge in [0.15, 0.2) is 0 Å². The summed E-state index contributed by atoms with van der Waals surface area (Å²) in [4.78, 5) is 30.1. The number of nitrogens with one attached hydrogen (secondary N) is 1. The molecule has 30 heavy (non-hydrogen) atoms. The lowest BCUT2D eigenvalue weighted by Gasteiger charge is -2.18. The molecule has 3 N–H and O–H groups in total. The first-order valence-corrected chi connectivity index (χ1v) is 9.88. The molecule has 150 valence electrons. The maximum absolute atomic E-state index is 13.4. The lowest BCUT2D eigenvalue weighted by atomic mass is 9.99. The van der Waals surface area contributed by atoms with Crippen molar-refractivity contribution in [1.29, 1.82) is 0 Å². The van der Waals surface area contributed by atoms with Gasteiger partial charge in [-0.15, -0.1) is 0 Å². The van der Waals surface area contributed by atoms with Gasteiger partial charge in [-0.3, -0.25) is 9.59 Å². The topological polar surface area (TPSA) is 85.1 Å². The molecule has 1 heterocycles. The molecule has 3 aromatic carbocycles. The van der Waals surface area contributed by atoms with Crippen molar-refractivity contribution in [2.24, 2.45) is 5.73 Å². The van der Waals surface area contributed by atoms with Crippen LogP contribution in [0.5, 0.6) is 0 Å². The van der Waals surface area contributed by atoms with E-state index in [0.717, 1.165) is 32.9 Å². The highest BCUT2D eigenvalue weighted by atomic mass is 16.2. The van der Waals surface area contributed by atoms with Crippen LogP contribution in [0.1, 0.15) is 27.0 Å². The van der Waals surface area contributed by atoms with Gasteiger partial charge in [-0.25, -0.2) is 4.98 Å². The second-order valence-electron chi connectivity index (χ2n) is 7.57. The van der Waals surface area contributed by atoms with Gasteiger partial charge in [0.1, 0.15) is 6.04 Å². The number of carbonyl (C=O) groups is 2. The van der Waals surface area contributed by atoms with Crippen LogP contribution in [0.4, 0.5) is 0 Å². The molecule has 0 radical (unpaired) electrons. The Kier molecular flexibility index (Phi) is 5.19. The fraction of sp³-hybridized carbons (Fsp3) is 0.160. The maximum Gasteiger partial charge on any atom is 0.253 e. The molecule has 4 rings (SSSR count). The predicted molar refractivity (Wildman–Crippen MR) is 119 cm³/mol. The second kappa shape index (κ2) is 7.95. The number of nitrogens with two attached hydrogens (primary N) is 1. The van der Waals surface area contributed by atoms with Crippen LogP contribution in [0.3, 0.4) is 0 Å². The summed E-state index contributed by atoms with van der Waals surface area (Å²) in [5.41, 5.74) is 10.9. The zero-order valence-corrected chi connectivity index (χ0v) is 17.0. The SMILES string of the molecule is Cc1ccc(C[C@H](NC(=O)c2c3ccccc3nc3ccccc23)C(N)=O)cc1C. The number of aryl methyl sites for hydroxylation is 2. The summed E-state index contributed by atoms with van der Waals surface area (Å²) in [7, 11) is 0. The Morgan fingerprint density at radius 1 is 0.900 bits per heavy atom. The van der Waals surface area contributed by atoms with Gasteiger partial charge >= 0.3 is 0 Å². The summed E-state index contributed by atoms with van der Waals surface area (Å²) >= 11 is 0. The molecule has 0 spiro atoms. The van der Waals surface area contributed by atoms with Crippen molar-refractivity contribution in [2.45, 2.75) is 26.3 Å². The van der Waals surface area contributed by atoms with Crippen LogP contribution in [0.2, 0.25) is 0 Å². The maximum atomic E-state index is 13.4. The van der Waals surface area contributed by atoms with Crippen molar-refractivity contribution in [2.75, 3.05) is 0 Å². The normalized spacial score (nSPS) is 12.1. The van der Waals surface area contributed by atoms with Gasteiger partial charge in [0.2, 0.25) is 5.91 Å². The monoisotopic (exact) mass is 397 g/mol. The number of para-hydroxylation sites is 2. The first-order valence-electron chi connectivity index (χ1n) is 9.88. The number of pyridine rings is 1. The number of aromatic nitrogens is 1. The molecule has 4 aromatic rings. The van der Waals surface area contributed by atoms with Gasteiger partial charge in [-0.2, -0.15) is 0 Å². The number of amides is 2. The number of rotatable bonds is 5. The lowest BCUT2D eigenvalue weighted by molar-refractivity contribution is -0.119. The highest BCUT2D eigenvalue weighted by molar-refractivity contribution is 6.16. The molecule has 0 aliphatic carbocycles. The summed E-state index contributed by atoms with van der Waals surface area (Å²) in [5, 5.41) is 4.34. The summed E-state index contributed by atoms with van der Waals surface area (Å²) in [6.45, 7) is 4.05. The molecular formula is C25H23N3O2. The predicted octanol–water partition coefficient (Wildman–Crippen LogP) is 3.83. The molecule has 0 fully saturated rings. The highest BCUT2D eigenvalue weighted by Crippen LogP contribution is 2.26. The van der Waals surface area contributed by atoms with Crippen molar-refractivity contribution in [3.8, 4) is 0 Å². The average Bonchev–Trinajstić information content (AvgIpc) is 2.73. The van der Waals surface area contributed by atoms with Crippen LogP contribution < -0.4 is 11.1 Å².